The number of nitrogens with two attached hydrogens (primary N) is 2. The summed E-state index contributed by atoms with van der Waals surface area (Å²) in [5.41, 5.74) is 11.9. The van der Waals surface area contributed by atoms with Crippen LogP contribution in [0.1, 0.15) is 5.82 Å². The van der Waals surface area contributed by atoms with E-state index in [4.69, 9.17) is 20.9 Å². The van der Waals surface area contributed by atoms with E-state index in [2.05, 4.69) is 20.3 Å². The molecule has 1 amide bonds. The minimum absolute atomic E-state index is 0. The highest BCUT2D eigenvalue weighted by molar-refractivity contribution is 5.94. The lowest BCUT2D eigenvalue weighted by Gasteiger charge is -2.13. The van der Waals surface area contributed by atoms with Gasteiger partial charge in [-0.1, -0.05) is 6.07 Å². The quantitative estimate of drug-likeness (QED) is 0.578. The van der Waals surface area contributed by atoms with Crippen molar-refractivity contribution in [3.8, 4) is 5.75 Å². The molecule has 148 valence electrons. The van der Waals surface area contributed by atoms with Gasteiger partial charge in [-0.3, -0.25) is 4.79 Å². The standard InChI is InChI=1S/C16H23N7O3.ClH/c1-23(2)16-21-13(20-15(18)22-16)9-26-11-6-4-5-10(7-11)19-14(24)12(17)8-25-3;/h4-7,12H,8-9,17H2,1-3H3,(H,19,24)(H2,18,20,21,22);1H. The highest BCUT2D eigenvalue weighted by Crippen LogP contribution is 2.18. The summed E-state index contributed by atoms with van der Waals surface area (Å²) in [7, 11) is 5.09. The van der Waals surface area contributed by atoms with Gasteiger partial charge in [-0.25, -0.2) is 0 Å². The SMILES string of the molecule is COCC(N)C(=O)Nc1cccc(OCc2nc(N)nc(N(C)C)n2)c1.Cl. The molecule has 0 bridgehead atoms. The Hall–Kier alpha value is -2.69. The fourth-order valence-corrected chi connectivity index (χ4v) is 1.99. The molecule has 0 aliphatic heterocycles. The lowest BCUT2D eigenvalue weighted by Crippen LogP contribution is -2.39. The van der Waals surface area contributed by atoms with Crippen LogP contribution in [0.4, 0.5) is 17.6 Å². The molecular weight excluding hydrogens is 374 g/mol. The molecule has 2 rings (SSSR count). The molecule has 0 radical (unpaired) electrons. The molecule has 1 aromatic heterocycles. The summed E-state index contributed by atoms with van der Waals surface area (Å²) in [5, 5.41) is 2.71. The zero-order valence-corrected chi connectivity index (χ0v) is 16.2. The number of anilines is 3. The van der Waals surface area contributed by atoms with Gasteiger partial charge in [-0.15, -0.1) is 12.4 Å². The number of methoxy groups -OCH3 is 1. The average Bonchev–Trinajstić information content (AvgIpc) is 2.60. The maximum atomic E-state index is 11.9. The molecule has 1 unspecified atom stereocenters. The Balaban J connectivity index is 0.00000364. The molecule has 1 atom stereocenters. The predicted molar refractivity (Wildman–Crippen MR) is 105 cm³/mol. The molecule has 0 aliphatic carbocycles. The van der Waals surface area contributed by atoms with Gasteiger partial charge in [0.1, 0.15) is 18.4 Å². The molecule has 27 heavy (non-hydrogen) atoms. The fraction of sp³-hybridized carbons (Fsp3) is 0.375. The Morgan fingerprint density at radius 3 is 2.70 bits per heavy atom. The van der Waals surface area contributed by atoms with Gasteiger partial charge < -0.3 is 31.2 Å². The summed E-state index contributed by atoms with van der Waals surface area (Å²) in [4.78, 5) is 26.0. The fourth-order valence-electron chi connectivity index (χ4n) is 1.99. The summed E-state index contributed by atoms with van der Waals surface area (Å²) in [6.07, 6.45) is 0. The number of carbonyl (C=O) groups excluding carboxylic acids is 1. The first-order valence-corrected chi connectivity index (χ1v) is 7.85. The Morgan fingerprint density at radius 2 is 2.04 bits per heavy atom. The third kappa shape index (κ3) is 6.85. The number of amides is 1. The first-order valence-electron chi connectivity index (χ1n) is 7.85. The number of hydrogen-bond donors (Lipinski definition) is 3. The maximum Gasteiger partial charge on any atom is 0.243 e. The van der Waals surface area contributed by atoms with E-state index >= 15 is 0 Å². The van der Waals surface area contributed by atoms with E-state index in [-0.39, 0.29) is 37.5 Å². The van der Waals surface area contributed by atoms with Gasteiger partial charge in [-0.2, -0.15) is 15.0 Å². The average molecular weight is 398 g/mol. The predicted octanol–water partition coefficient (Wildman–Crippen LogP) is 0.433. The van der Waals surface area contributed by atoms with Crippen LogP contribution in [-0.2, 0) is 16.1 Å². The second-order valence-corrected chi connectivity index (χ2v) is 5.67. The Kier molecular flexibility index (Phi) is 8.66. The van der Waals surface area contributed by atoms with Crippen LogP contribution in [0.15, 0.2) is 24.3 Å². The van der Waals surface area contributed by atoms with Crippen molar-refractivity contribution in [3.05, 3.63) is 30.1 Å². The van der Waals surface area contributed by atoms with Gasteiger partial charge >= 0.3 is 0 Å². The summed E-state index contributed by atoms with van der Waals surface area (Å²) in [6.45, 7) is 0.241. The molecule has 1 aromatic carbocycles. The number of hydrogen-bond acceptors (Lipinski definition) is 9. The minimum atomic E-state index is -0.748. The van der Waals surface area contributed by atoms with Crippen LogP contribution < -0.4 is 26.4 Å². The maximum absolute atomic E-state index is 11.9. The second-order valence-electron chi connectivity index (χ2n) is 5.67. The Morgan fingerprint density at radius 1 is 1.30 bits per heavy atom. The Labute approximate surface area is 163 Å². The topological polar surface area (TPSA) is 142 Å². The third-order valence-electron chi connectivity index (χ3n) is 3.24. The van der Waals surface area contributed by atoms with Gasteiger partial charge in [0.15, 0.2) is 5.82 Å². The van der Waals surface area contributed by atoms with Crippen molar-refractivity contribution in [2.24, 2.45) is 5.73 Å². The van der Waals surface area contributed by atoms with Crippen molar-refractivity contribution in [2.75, 3.05) is 43.8 Å². The lowest BCUT2D eigenvalue weighted by atomic mass is 10.2. The summed E-state index contributed by atoms with van der Waals surface area (Å²) >= 11 is 0. The van der Waals surface area contributed by atoms with E-state index in [1.165, 1.54) is 7.11 Å². The van der Waals surface area contributed by atoms with Crippen LogP contribution in [0.3, 0.4) is 0 Å². The number of halogens is 1. The molecule has 5 N–H and O–H groups in total. The number of rotatable bonds is 8. The molecule has 0 saturated carbocycles. The second kappa shape index (κ2) is 10.5. The van der Waals surface area contributed by atoms with Gasteiger partial charge in [-0.05, 0) is 12.1 Å². The lowest BCUT2D eigenvalue weighted by molar-refractivity contribution is -0.118. The first kappa shape index (κ1) is 22.4. The van der Waals surface area contributed by atoms with Gasteiger partial charge in [0.2, 0.25) is 17.8 Å². The van der Waals surface area contributed by atoms with Gasteiger partial charge in [0.05, 0.1) is 6.61 Å². The molecule has 2 aromatic rings. The van der Waals surface area contributed by atoms with Crippen LogP contribution in [0, 0.1) is 0 Å². The monoisotopic (exact) mass is 397 g/mol. The zero-order chi connectivity index (χ0) is 19.1. The minimum Gasteiger partial charge on any atom is -0.486 e. The third-order valence-corrected chi connectivity index (χ3v) is 3.24. The summed E-state index contributed by atoms with van der Waals surface area (Å²) in [5.74, 6) is 1.16. The zero-order valence-electron chi connectivity index (χ0n) is 15.4. The number of carbonyl (C=O) groups is 1. The van der Waals surface area contributed by atoms with Crippen molar-refractivity contribution in [1.29, 1.82) is 0 Å². The number of benzene rings is 1. The highest BCUT2D eigenvalue weighted by Gasteiger charge is 2.13. The number of nitrogens with one attached hydrogen (secondary N) is 1. The number of aromatic nitrogens is 3. The van der Waals surface area contributed by atoms with Crippen LogP contribution in [0.2, 0.25) is 0 Å². The van der Waals surface area contributed by atoms with E-state index in [1.807, 2.05) is 0 Å². The van der Waals surface area contributed by atoms with E-state index < -0.39 is 6.04 Å². The molecule has 0 saturated heterocycles. The normalized spacial score (nSPS) is 11.3. The van der Waals surface area contributed by atoms with E-state index in [9.17, 15) is 4.79 Å². The van der Waals surface area contributed by atoms with Gasteiger partial charge in [0, 0.05) is 33.0 Å². The molecule has 0 fully saturated rings. The van der Waals surface area contributed by atoms with E-state index in [0.29, 0.717) is 23.2 Å². The van der Waals surface area contributed by atoms with Crippen LogP contribution in [0.5, 0.6) is 5.75 Å². The molecule has 11 heteroatoms. The summed E-state index contributed by atoms with van der Waals surface area (Å²) < 4.78 is 10.5. The number of nitrogens with zero attached hydrogens (tertiary/aromatic N) is 4. The van der Waals surface area contributed by atoms with Crippen molar-refractivity contribution in [1.82, 2.24) is 15.0 Å². The van der Waals surface area contributed by atoms with Crippen molar-refractivity contribution in [2.45, 2.75) is 12.6 Å². The largest absolute Gasteiger partial charge is 0.486 e. The molecule has 0 aliphatic rings. The molecule has 10 nitrogen and oxygen atoms in total. The molecular formula is C16H24ClN7O3. The van der Waals surface area contributed by atoms with Crippen LogP contribution in [0.25, 0.3) is 0 Å². The van der Waals surface area contributed by atoms with E-state index in [1.54, 1.807) is 43.3 Å². The summed E-state index contributed by atoms with van der Waals surface area (Å²) in [6, 6.07) is 6.16. The first-order chi connectivity index (χ1) is 12.4. The van der Waals surface area contributed by atoms with Crippen LogP contribution in [-0.4, -0.2) is 54.7 Å². The van der Waals surface area contributed by atoms with Crippen molar-refractivity contribution >= 4 is 35.9 Å². The highest BCUT2D eigenvalue weighted by atomic mass is 35.5. The smallest absolute Gasteiger partial charge is 0.243 e. The number of nitrogen functional groups attached to an aromatic ring is 1. The van der Waals surface area contributed by atoms with Crippen molar-refractivity contribution < 1.29 is 14.3 Å². The Bertz CT molecular complexity index is 761. The van der Waals surface area contributed by atoms with Crippen molar-refractivity contribution in [3.63, 3.8) is 0 Å². The van der Waals surface area contributed by atoms with E-state index in [0.717, 1.165) is 0 Å². The van der Waals surface area contributed by atoms with Gasteiger partial charge in [0.25, 0.3) is 0 Å². The number of ether oxygens (including phenoxy) is 2. The molecule has 1 heterocycles. The van der Waals surface area contributed by atoms with Crippen LogP contribution >= 0.6 is 12.4 Å². The molecule has 0 spiro atoms.